The average Bonchev–Trinajstić information content (AvgIpc) is 2.94. The fraction of sp³-hybridized carbons (Fsp3) is 0.655. The van der Waals surface area contributed by atoms with Gasteiger partial charge in [0.25, 0.3) is 5.91 Å². The Morgan fingerprint density at radius 3 is 1.98 bits per heavy atom. The molecule has 3 amide bonds. The van der Waals surface area contributed by atoms with Gasteiger partial charge in [-0.05, 0) is 49.3 Å². The zero-order chi connectivity index (χ0) is 32.7. The van der Waals surface area contributed by atoms with Crippen LogP contribution in [0.15, 0.2) is 24.3 Å². The van der Waals surface area contributed by atoms with Crippen LogP contribution >= 0.6 is 23.2 Å². The number of amides is 3. The van der Waals surface area contributed by atoms with Crippen LogP contribution in [0.4, 0.5) is 0 Å². The molecule has 0 aliphatic rings. The lowest BCUT2D eigenvalue weighted by atomic mass is 9.99. The molecule has 43 heavy (non-hydrogen) atoms. The van der Waals surface area contributed by atoms with Gasteiger partial charge in [-0.3, -0.25) is 14.4 Å². The molecule has 14 heteroatoms. The van der Waals surface area contributed by atoms with Crippen molar-refractivity contribution in [3.8, 4) is 5.75 Å². The molecule has 1 aromatic rings. The molecule has 0 spiro atoms. The summed E-state index contributed by atoms with van der Waals surface area (Å²) in [7, 11) is 1.31. The van der Waals surface area contributed by atoms with Crippen molar-refractivity contribution in [2.45, 2.75) is 100 Å². The molecule has 5 atom stereocenters. The van der Waals surface area contributed by atoms with E-state index in [4.69, 9.17) is 28.9 Å². The number of aliphatic hydroxyl groups is 2. The summed E-state index contributed by atoms with van der Waals surface area (Å²) in [5.74, 6) is -4.11. The van der Waals surface area contributed by atoms with Crippen molar-refractivity contribution in [3.63, 3.8) is 0 Å². The van der Waals surface area contributed by atoms with E-state index in [1.54, 1.807) is 26.0 Å². The quantitative estimate of drug-likeness (QED) is 0.0811. The molecule has 0 bridgehead atoms. The van der Waals surface area contributed by atoms with E-state index >= 15 is 0 Å². The highest BCUT2D eigenvalue weighted by molar-refractivity contribution is 6.44. The summed E-state index contributed by atoms with van der Waals surface area (Å²) >= 11 is 11.4. The highest BCUT2D eigenvalue weighted by atomic mass is 35.5. The Kier molecular flexibility index (Phi) is 17.5. The summed E-state index contributed by atoms with van der Waals surface area (Å²) in [4.78, 5) is 51.6. The van der Waals surface area contributed by atoms with Gasteiger partial charge < -0.3 is 41.7 Å². The van der Waals surface area contributed by atoms with Crippen molar-refractivity contribution in [1.29, 1.82) is 0 Å². The summed E-state index contributed by atoms with van der Waals surface area (Å²) in [6.07, 6.45) is 2.94. The Hall–Kier alpha value is -2.64. The van der Waals surface area contributed by atoms with Gasteiger partial charge in [0.05, 0.1) is 6.61 Å². The number of nitrogens with zero attached hydrogens (tertiary/aromatic N) is 1. The van der Waals surface area contributed by atoms with Crippen molar-refractivity contribution in [1.82, 2.24) is 15.5 Å². The lowest BCUT2D eigenvalue weighted by Gasteiger charge is -2.33. The summed E-state index contributed by atoms with van der Waals surface area (Å²) in [5, 5.41) is 44.2. The Labute approximate surface area is 262 Å². The fourth-order valence-electron chi connectivity index (χ4n) is 4.62. The maximum atomic E-state index is 13.2. The predicted molar refractivity (Wildman–Crippen MR) is 164 cm³/mol. The van der Waals surface area contributed by atoms with Crippen molar-refractivity contribution >= 4 is 46.9 Å². The van der Waals surface area contributed by atoms with Crippen molar-refractivity contribution < 1.29 is 39.6 Å². The second-order valence-corrected chi connectivity index (χ2v) is 12.3. The van der Waals surface area contributed by atoms with E-state index in [2.05, 4.69) is 10.6 Å². The van der Waals surface area contributed by atoms with Crippen LogP contribution in [0.5, 0.6) is 5.75 Å². The largest absolute Gasteiger partial charge is 0.508 e. The van der Waals surface area contributed by atoms with E-state index in [0.717, 1.165) is 29.7 Å². The molecule has 0 aromatic heterocycles. The Bertz CT molecular complexity index is 1030. The number of aliphatic carboxylic acids is 1. The molecule has 0 aliphatic heterocycles. The first-order valence-corrected chi connectivity index (χ1v) is 15.3. The minimum Gasteiger partial charge on any atom is -0.508 e. The minimum atomic E-state index is -1.63. The third-order valence-electron chi connectivity index (χ3n) is 7.12. The molecule has 1 aromatic carbocycles. The number of rotatable bonds is 20. The van der Waals surface area contributed by atoms with Gasteiger partial charge in [-0.2, -0.15) is 0 Å². The molecule has 0 unspecified atom stereocenters. The molecule has 0 saturated heterocycles. The maximum Gasteiger partial charge on any atom is 0.326 e. The Morgan fingerprint density at radius 2 is 1.47 bits per heavy atom. The molecule has 244 valence electrons. The zero-order valence-electron chi connectivity index (χ0n) is 24.9. The van der Waals surface area contributed by atoms with E-state index < -0.39 is 71.3 Å². The first-order valence-electron chi connectivity index (χ1n) is 14.4. The number of unbranched alkanes of at least 4 members (excludes halogenated alkanes) is 3. The molecule has 0 saturated carbocycles. The lowest BCUT2D eigenvalue weighted by Crippen LogP contribution is -2.60. The van der Waals surface area contributed by atoms with Crippen LogP contribution in [-0.2, 0) is 25.6 Å². The molecule has 0 aliphatic carbocycles. The van der Waals surface area contributed by atoms with Gasteiger partial charge in [-0.25, -0.2) is 4.79 Å². The van der Waals surface area contributed by atoms with Crippen LogP contribution in [0.3, 0.4) is 0 Å². The molecule has 0 radical (unpaired) electrons. The highest BCUT2D eigenvalue weighted by Gasteiger charge is 2.36. The number of nitrogens with two attached hydrogens (primary N) is 1. The van der Waals surface area contributed by atoms with E-state index in [0.29, 0.717) is 25.7 Å². The molecule has 0 fully saturated rings. The number of alkyl halides is 2. The number of aromatic hydroxyl groups is 1. The van der Waals surface area contributed by atoms with E-state index in [9.17, 15) is 39.6 Å². The van der Waals surface area contributed by atoms with E-state index in [-0.39, 0.29) is 12.2 Å². The number of aryl methyl sites for hydroxylation is 1. The number of likely N-dealkylation sites (N-methyl/N-ethyl adjacent to an activating group) is 1. The summed E-state index contributed by atoms with van der Waals surface area (Å²) < 4.78 is 0. The number of carboxylic acids is 1. The number of benzene rings is 1. The number of phenolic OH excluding ortho intramolecular Hbond substituents is 1. The van der Waals surface area contributed by atoms with Crippen LogP contribution in [0, 0.1) is 5.92 Å². The topological polar surface area (TPSA) is 203 Å². The van der Waals surface area contributed by atoms with Gasteiger partial charge in [0.15, 0.2) is 0 Å². The summed E-state index contributed by atoms with van der Waals surface area (Å²) in [5.41, 5.74) is 6.74. The van der Waals surface area contributed by atoms with Crippen LogP contribution in [0.1, 0.15) is 64.4 Å². The number of hydrogen-bond acceptors (Lipinski definition) is 8. The SMILES string of the molecule is CC(C)[C@@H](C(=O)N[C@@H](CCc1ccc(O)cc1)C(=O)O)N(C)C(=O)[C@H](CO)NC(=O)[C@@H](O)[C@H](N)CCCCCCC(Cl)Cl. The smallest absolute Gasteiger partial charge is 0.326 e. The summed E-state index contributed by atoms with van der Waals surface area (Å²) in [6, 6.07) is 1.49. The number of carbonyl (C=O) groups is 4. The van der Waals surface area contributed by atoms with Gasteiger partial charge >= 0.3 is 5.97 Å². The molecule has 0 heterocycles. The van der Waals surface area contributed by atoms with Gasteiger partial charge in [-0.1, -0.05) is 51.7 Å². The number of halogens is 2. The number of nitrogens with one attached hydrogen (secondary N) is 2. The van der Waals surface area contributed by atoms with Gasteiger partial charge in [0.2, 0.25) is 11.8 Å². The second-order valence-electron chi connectivity index (χ2n) is 11.0. The number of carboxylic acid groups (broad SMARTS) is 1. The fourth-order valence-corrected chi connectivity index (χ4v) is 4.93. The lowest BCUT2D eigenvalue weighted by molar-refractivity contribution is -0.147. The Morgan fingerprint density at radius 1 is 0.907 bits per heavy atom. The van der Waals surface area contributed by atoms with Gasteiger partial charge in [0, 0.05) is 13.1 Å². The Balaban J connectivity index is 2.78. The highest BCUT2D eigenvalue weighted by Crippen LogP contribution is 2.16. The number of hydrogen-bond donors (Lipinski definition) is 7. The number of carbonyl (C=O) groups excluding carboxylic acids is 3. The molecule has 8 N–H and O–H groups in total. The van der Waals surface area contributed by atoms with E-state index in [1.165, 1.54) is 19.2 Å². The van der Waals surface area contributed by atoms with E-state index in [1.807, 2.05) is 0 Å². The average molecular weight is 650 g/mol. The molecular formula is C29H46Cl2N4O8. The molecular weight excluding hydrogens is 603 g/mol. The first-order chi connectivity index (χ1) is 20.2. The standard InChI is InChI=1S/C29H46Cl2N4O8/c1-17(2)24(26(39)33-21(29(42)43)15-12-18-10-13-19(37)14-11-18)35(3)28(41)22(16-36)34-27(40)25(38)20(32)8-6-4-5-7-9-23(30)31/h10-11,13-14,17,20-25,36-38H,4-9,12,15-16,32H2,1-3H3,(H,33,39)(H,34,40)(H,42,43)/t20-,21+,22+,24+,25+/m1/s1. The monoisotopic (exact) mass is 648 g/mol. The van der Waals surface area contributed by atoms with Crippen LogP contribution in [-0.4, -0.2) is 97.8 Å². The normalized spacial score (nSPS) is 14.9. The zero-order valence-corrected chi connectivity index (χ0v) is 26.4. The third kappa shape index (κ3) is 13.7. The predicted octanol–water partition coefficient (Wildman–Crippen LogP) is 1.69. The van der Waals surface area contributed by atoms with Crippen LogP contribution in [0.2, 0.25) is 0 Å². The van der Waals surface area contributed by atoms with Gasteiger partial charge in [-0.15, -0.1) is 23.2 Å². The van der Waals surface area contributed by atoms with Crippen LogP contribution in [0.25, 0.3) is 0 Å². The minimum absolute atomic E-state index is 0.0586. The summed E-state index contributed by atoms with van der Waals surface area (Å²) in [6.45, 7) is 2.52. The molecule has 12 nitrogen and oxygen atoms in total. The number of aliphatic hydroxyl groups excluding tert-OH is 2. The number of phenols is 1. The van der Waals surface area contributed by atoms with Crippen LogP contribution < -0.4 is 16.4 Å². The first kappa shape index (κ1) is 38.4. The van der Waals surface area contributed by atoms with Gasteiger partial charge in [0.1, 0.15) is 34.8 Å². The van der Waals surface area contributed by atoms with Crippen molar-refractivity contribution in [3.05, 3.63) is 29.8 Å². The van der Waals surface area contributed by atoms with Crippen molar-refractivity contribution in [2.75, 3.05) is 13.7 Å². The maximum absolute atomic E-state index is 13.2. The third-order valence-corrected chi connectivity index (χ3v) is 7.56. The molecule has 1 rings (SSSR count). The van der Waals surface area contributed by atoms with Crippen molar-refractivity contribution in [2.24, 2.45) is 11.7 Å². The second kappa shape index (κ2) is 19.6.